The second-order valence-corrected chi connectivity index (χ2v) is 7.90. The zero-order valence-electron chi connectivity index (χ0n) is 17.9. The third-order valence-electron chi connectivity index (χ3n) is 4.35. The smallest absolute Gasteiger partial charge is 0.241 e. The highest BCUT2D eigenvalue weighted by Gasteiger charge is 2.34. The van der Waals surface area contributed by atoms with E-state index >= 15 is 0 Å². The Hall–Kier alpha value is -3.20. The van der Waals surface area contributed by atoms with Crippen molar-refractivity contribution in [3.63, 3.8) is 0 Å². The maximum Gasteiger partial charge on any atom is 0.241 e. The van der Waals surface area contributed by atoms with Gasteiger partial charge in [-0.2, -0.15) is 0 Å². The van der Waals surface area contributed by atoms with Gasteiger partial charge in [0.25, 0.3) is 0 Å². The van der Waals surface area contributed by atoms with E-state index < -0.39 is 5.37 Å². The molecule has 0 bridgehead atoms. The fourth-order valence-electron chi connectivity index (χ4n) is 2.94. The molecule has 9 heteroatoms. The second-order valence-electron chi connectivity index (χ2n) is 6.83. The van der Waals surface area contributed by atoms with Gasteiger partial charge in [0.1, 0.15) is 35.8 Å². The first-order valence-corrected chi connectivity index (χ1v) is 10.6. The number of amides is 2. The number of carbonyl (C=O) groups is 2. The molecule has 164 valence electrons. The van der Waals surface area contributed by atoms with Crippen LogP contribution >= 0.6 is 11.8 Å². The summed E-state index contributed by atoms with van der Waals surface area (Å²) in [5.41, 5.74) is 1.82. The molecule has 0 fully saturated rings. The zero-order valence-corrected chi connectivity index (χ0v) is 18.7. The molecule has 1 heterocycles. The average Bonchev–Trinajstić information content (AvgIpc) is 3.15. The number of rotatable bonds is 7. The standard InChI is InChI=1S/C22H25N3O5S/c1-14-5-10-20(30-12-11-29-18-8-6-17(28-4)7-9-18)19(13-14)21-25(16(3)27)24-22(31-21)23-15(2)26/h5-10,13,21H,11-12H2,1-4H3,(H,23,24,26). The van der Waals surface area contributed by atoms with Crippen LogP contribution in [0.1, 0.15) is 30.3 Å². The highest BCUT2D eigenvalue weighted by molar-refractivity contribution is 8.14. The third kappa shape index (κ3) is 5.91. The van der Waals surface area contributed by atoms with E-state index in [1.807, 2.05) is 49.4 Å². The van der Waals surface area contributed by atoms with Crippen LogP contribution in [0.2, 0.25) is 0 Å². The molecule has 2 aromatic carbocycles. The molecule has 1 aliphatic rings. The summed E-state index contributed by atoms with van der Waals surface area (Å²) >= 11 is 1.29. The van der Waals surface area contributed by atoms with E-state index in [2.05, 4.69) is 10.4 Å². The SMILES string of the molecule is COc1ccc(OCCOc2ccc(C)cc2C2SC(NC(C)=O)=NN2C(C)=O)cc1. The van der Waals surface area contributed by atoms with Gasteiger partial charge in [-0.3, -0.25) is 9.59 Å². The molecule has 1 N–H and O–H groups in total. The first-order valence-electron chi connectivity index (χ1n) is 9.70. The number of nitrogens with one attached hydrogen (secondary N) is 1. The summed E-state index contributed by atoms with van der Waals surface area (Å²) in [6.45, 7) is 5.47. The number of hydrogen-bond acceptors (Lipinski definition) is 7. The molecule has 1 atom stereocenters. The molecule has 2 amide bonds. The minimum Gasteiger partial charge on any atom is -0.497 e. The van der Waals surface area contributed by atoms with E-state index in [1.54, 1.807) is 7.11 Å². The lowest BCUT2D eigenvalue weighted by Gasteiger charge is -2.22. The summed E-state index contributed by atoms with van der Waals surface area (Å²) in [5.74, 6) is 1.64. The number of thioether (sulfide) groups is 1. The second kappa shape index (κ2) is 10.2. The van der Waals surface area contributed by atoms with Gasteiger partial charge in [0.15, 0.2) is 5.17 Å². The molecule has 0 aliphatic carbocycles. The van der Waals surface area contributed by atoms with Gasteiger partial charge in [-0.15, -0.1) is 5.10 Å². The number of nitrogens with zero attached hydrogens (tertiary/aromatic N) is 2. The lowest BCUT2D eigenvalue weighted by Crippen LogP contribution is -2.25. The number of benzene rings is 2. The van der Waals surface area contributed by atoms with Gasteiger partial charge in [-0.05, 0) is 43.3 Å². The zero-order chi connectivity index (χ0) is 22.4. The fraction of sp³-hybridized carbons (Fsp3) is 0.318. The Kier molecular flexibility index (Phi) is 7.41. The lowest BCUT2D eigenvalue weighted by molar-refractivity contribution is -0.129. The first-order chi connectivity index (χ1) is 14.9. The van der Waals surface area contributed by atoms with Crippen molar-refractivity contribution in [3.8, 4) is 17.2 Å². The van der Waals surface area contributed by atoms with Gasteiger partial charge in [-0.1, -0.05) is 23.4 Å². The Morgan fingerprint density at radius 2 is 1.74 bits per heavy atom. The summed E-state index contributed by atoms with van der Waals surface area (Å²) in [6.07, 6.45) is 0. The molecule has 0 saturated heterocycles. The molecule has 0 aromatic heterocycles. The van der Waals surface area contributed by atoms with Crippen LogP contribution in [0.25, 0.3) is 0 Å². The first kappa shape index (κ1) is 22.5. The van der Waals surface area contributed by atoms with Gasteiger partial charge in [0.2, 0.25) is 11.8 Å². The Balaban J connectivity index is 1.68. The van der Waals surface area contributed by atoms with Crippen LogP contribution in [0.5, 0.6) is 17.2 Å². The van der Waals surface area contributed by atoms with Crippen LogP contribution in [0.3, 0.4) is 0 Å². The van der Waals surface area contributed by atoms with Gasteiger partial charge >= 0.3 is 0 Å². The fourth-order valence-corrected chi connectivity index (χ4v) is 4.10. The van der Waals surface area contributed by atoms with Crippen molar-refractivity contribution in [2.75, 3.05) is 20.3 Å². The summed E-state index contributed by atoms with van der Waals surface area (Å²) in [5, 5.41) is 8.19. The maximum absolute atomic E-state index is 12.1. The summed E-state index contributed by atoms with van der Waals surface area (Å²) in [4.78, 5) is 23.6. The summed E-state index contributed by atoms with van der Waals surface area (Å²) < 4.78 is 16.8. The Morgan fingerprint density at radius 3 is 2.39 bits per heavy atom. The van der Waals surface area contributed by atoms with Crippen LogP contribution in [0.15, 0.2) is 47.6 Å². The topological polar surface area (TPSA) is 89.5 Å². The number of amidine groups is 1. The summed E-state index contributed by atoms with van der Waals surface area (Å²) in [7, 11) is 1.61. The van der Waals surface area contributed by atoms with Crippen molar-refractivity contribution in [2.24, 2.45) is 5.10 Å². The molecule has 31 heavy (non-hydrogen) atoms. The molecular formula is C22H25N3O5S. The third-order valence-corrected chi connectivity index (χ3v) is 5.43. The quantitative estimate of drug-likeness (QED) is 0.659. The van der Waals surface area contributed by atoms with E-state index in [9.17, 15) is 9.59 Å². The minimum atomic E-state index is -0.434. The van der Waals surface area contributed by atoms with E-state index in [0.717, 1.165) is 22.6 Å². The van der Waals surface area contributed by atoms with Crippen LogP contribution in [0.4, 0.5) is 0 Å². The van der Waals surface area contributed by atoms with Gasteiger partial charge in [-0.25, -0.2) is 5.01 Å². The number of aryl methyl sites for hydroxylation is 1. The Morgan fingerprint density at radius 1 is 1.06 bits per heavy atom. The minimum absolute atomic E-state index is 0.229. The van der Waals surface area contributed by atoms with Crippen LogP contribution in [0, 0.1) is 6.92 Å². The number of methoxy groups -OCH3 is 1. The highest BCUT2D eigenvalue weighted by atomic mass is 32.2. The predicted molar refractivity (Wildman–Crippen MR) is 119 cm³/mol. The molecule has 0 radical (unpaired) electrons. The molecular weight excluding hydrogens is 418 g/mol. The molecule has 1 aliphatic heterocycles. The van der Waals surface area contributed by atoms with Crippen molar-refractivity contribution in [1.82, 2.24) is 10.3 Å². The van der Waals surface area contributed by atoms with E-state index in [-0.39, 0.29) is 11.8 Å². The van der Waals surface area contributed by atoms with Crippen molar-refractivity contribution in [1.29, 1.82) is 0 Å². The number of hydrogen-bond donors (Lipinski definition) is 1. The van der Waals surface area contributed by atoms with Crippen molar-refractivity contribution < 1.29 is 23.8 Å². The van der Waals surface area contributed by atoms with Gasteiger partial charge in [0.05, 0.1) is 7.11 Å². The van der Waals surface area contributed by atoms with Gasteiger partial charge in [0, 0.05) is 19.4 Å². The molecule has 0 saturated carbocycles. The van der Waals surface area contributed by atoms with Crippen LogP contribution < -0.4 is 19.5 Å². The van der Waals surface area contributed by atoms with Crippen LogP contribution in [-0.4, -0.2) is 42.3 Å². The van der Waals surface area contributed by atoms with Crippen molar-refractivity contribution in [2.45, 2.75) is 26.1 Å². The lowest BCUT2D eigenvalue weighted by atomic mass is 10.1. The molecule has 3 rings (SSSR count). The number of hydrazone groups is 1. The molecule has 8 nitrogen and oxygen atoms in total. The molecule has 2 aromatic rings. The predicted octanol–water partition coefficient (Wildman–Crippen LogP) is 3.46. The Labute approximate surface area is 185 Å². The van der Waals surface area contributed by atoms with E-state index in [1.165, 1.54) is 30.6 Å². The van der Waals surface area contributed by atoms with Crippen molar-refractivity contribution in [3.05, 3.63) is 53.6 Å². The number of ether oxygens (including phenoxy) is 3. The monoisotopic (exact) mass is 443 g/mol. The Bertz CT molecular complexity index is 978. The molecule has 0 spiro atoms. The average molecular weight is 444 g/mol. The van der Waals surface area contributed by atoms with Crippen molar-refractivity contribution >= 4 is 28.7 Å². The maximum atomic E-state index is 12.1. The van der Waals surface area contributed by atoms with Gasteiger partial charge < -0.3 is 19.5 Å². The van der Waals surface area contributed by atoms with E-state index in [0.29, 0.717) is 24.1 Å². The van der Waals surface area contributed by atoms with Crippen LogP contribution in [-0.2, 0) is 9.59 Å². The largest absolute Gasteiger partial charge is 0.497 e. The normalized spacial score (nSPS) is 15.3. The summed E-state index contributed by atoms with van der Waals surface area (Å²) in [6, 6.07) is 13.1. The van der Waals surface area contributed by atoms with E-state index in [4.69, 9.17) is 14.2 Å². The molecule has 1 unspecified atom stereocenters. The number of carbonyl (C=O) groups excluding carboxylic acids is 2. The highest BCUT2D eigenvalue weighted by Crippen LogP contribution is 2.42.